The van der Waals surface area contributed by atoms with E-state index in [4.69, 9.17) is 0 Å². The molecule has 0 unspecified atom stereocenters. The van der Waals surface area contributed by atoms with Crippen LogP contribution < -0.4 is 4.90 Å². The summed E-state index contributed by atoms with van der Waals surface area (Å²) in [4.78, 5) is 13.4. The van der Waals surface area contributed by atoms with E-state index in [1.807, 2.05) is 6.07 Å². The standard InChI is InChI=1S/C16H23NO/c1-16(2,3)14-11-13(12-18)7-8-15(14)17-9-5-4-6-10-17/h7-8,11-12H,4-6,9-10H2,1-3H3. The van der Waals surface area contributed by atoms with E-state index < -0.39 is 0 Å². The first-order valence-corrected chi connectivity index (χ1v) is 6.87. The number of carbonyl (C=O) groups is 1. The molecule has 1 saturated heterocycles. The summed E-state index contributed by atoms with van der Waals surface area (Å²) >= 11 is 0. The van der Waals surface area contributed by atoms with Gasteiger partial charge in [-0.05, 0) is 48.4 Å². The second-order valence-electron chi connectivity index (χ2n) is 6.19. The molecule has 0 saturated carbocycles. The summed E-state index contributed by atoms with van der Waals surface area (Å²) in [5, 5.41) is 0. The monoisotopic (exact) mass is 245 g/mol. The van der Waals surface area contributed by atoms with Gasteiger partial charge >= 0.3 is 0 Å². The maximum Gasteiger partial charge on any atom is 0.150 e. The zero-order valence-electron chi connectivity index (χ0n) is 11.7. The van der Waals surface area contributed by atoms with E-state index in [0.29, 0.717) is 0 Å². The molecule has 1 fully saturated rings. The minimum absolute atomic E-state index is 0.0752. The Morgan fingerprint density at radius 3 is 2.33 bits per heavy atom. The number of rotatable bonds is 2. The van der Waals surface area contributed by atoms with Crippen LogP contribution in [0.2, 0.25) is 0 Å². The van der Waals surface area contributed by atoms with Gasteiger partial charge in [0.15, 0.2) is 0 Å². The molecule has 0 radical (unpaired) electrons. The Kier molecular flexibility index (Phi) is 3.74. The number of nitrogens with zero attached hydrogens (tertiary/aromatic N) is 1. The Balaban J connectivity index is 2.41. The van der Waals surface area contributed by atoms with Crippen molar-refractivity contribution in [2.75, 3.05) is 18.0 Å². The highest BCUT2D eigenvalue weighted by atomic mass is 16.1. The average Bonchev–Trinajstić information content (AvgIpc) is 2.38. The molecule has 1 aliphatic rings. The van der Waals surface area contributed by atoms with Gasteiger partial charge in [0.2, 0.25) is 0 Å². The molecular formula is C16H23NO. The Hall–Kier alpha value is -1.31. The van der Waals surface area contributed by atoms with Gasteiger partial charge in [0.05, 0.1) is 0 Å². The molecule has 0 amide bonds. The number of benzene rings is 1. The number of aldehydes is 1. The van der Waals surface area contributed by atoms with Crippen LogP contribution in [0.15, 0.2) is 18.2 Å². The Labute approximate surface area is 110 Å². The summed E-state index contributed by atoms with van der Waals surface area (Å²) in [7, 11) is 0. The van der Waals surface area contributed by atoms with Crippen LogP contribution in [0.1, 0.15) is 56.0 Å². The lowest BCUT2D eigenvalue weighted by molar-refractivity contribution is 0.112. The smallest absolute Gasteiger partial charge is 0.150 e. The molecule has 2 heteroatoms. The molecule has 18 heavy (non-hydrogen) atoms. The molecule has 1 aromatic carbocycles. The van der Waals surface area contributed by atoms with Gasteiger partial charge in [-0.1, -0.05) is 20.8 Å². The van der Waals surface area contributed by atoms with E-state index >= 15 is 0 Å². The summed E-state index contributed by atoms with van der Waals surface area (Å²) in [6.07, 6.45) is 4.83. The topological polar surface area (TPSA) is 20.3 Å². The maximum absolute atomic E-state index is 11.0. The zero-order chi connectivity index (χ0) is 13.2. The van der Waals surface area contributed by atoms with E-state index in [9.17, 15) is 4.79 Å². The van der Waals surface area contributed by atoms with Crippen molar-refractivity contribution in [1.82, 2.24) is 0 Å². The van der Waals surface area contributed by atoms with E-state index in [-0.39, 0.29) is 5.41 Å². The summed E-state index contributed by atoms with van der Waals surface area (Å²) in [5.41, 5.74) is 3.45. The normalized spacial score (nSPS) is 16.7. The van der Waals surface area contributed by atoms with Crippen LogP contribution in [0.25, 0.3) is 0 Å². The summed E-state index contributed by atoms with van der Waals surface area (Å²) in [6, 6.07) is 6.11. The Morgan fingerprint density at radius 2 is 1.78 bits per heavy atom. The van der Waals surface area contributed by atoms with Gasteiger partial charge in [-0.2, -0.15) is 0 Å². The van der Waals surface area contributed by atoms with Gasteiger partial charge in [0.25, 0.3) is 0 Å². The molecule has 0 atom stereocenters. The van der Waals surface area contributed by atoms with E-state index in [1.165, 1.54) is 30.5 Å². The first kappa shape index (κ1) is 13.1. The fraction of sp³-hybridized carbons (Fsp3) is 0.562. The van der Waals surface area contributed by atoms with Gasteiger partial charge in [-0.15, -0.1) is 0 Å². The van der Waals surface area contributed by atoms with Gasteiger partial charge in [-0.25, -0.2) is 0 Å². The highest BCUT2D eigenvalue weighted by molar-refractivity contribution is 5.77. The quantitative estimate of drug-likeness (QED) is 0.739. The molecule has 98 valence electrons. The third kappa shape index (κ3) is 2.74. The fourth-order valence-electron chi connectivity index (χ4n) is 2.64. The molecule has 2 nitrogen and oxygen atoms in total. The van der Waals surface area contributed by atoms with Crippen LogP contribution in [0.5, 0.6) is 0 Å². The van der Waals surface area contributed by atoms with Crippen molar-refractivity contribution in [3.63, 3.8) is 0 Å². The summed E-state index contributed by atoms with van der Waals surface area (Å²) in [5.74, 6) is 0. The highest BCUT2D eigenvalue weighted by Gasteiger charge is 2.22. The fourth-order valence-corrected chi connectivity index (χ4v) is 2.64. The first-order valence-electron chi connectivity index (χ1n) is 6.87. The molecular weight excluding hydrogens is 222 g/mol. The molecule has 0 aliphatic carbocycles. The van der Waals surface area contributed by atoms with E-state index in [0.717, 1.165) is 24.9 Å². The molecule has 1 aliphatic heterocycles. The lowest BCUT2D eigenvalue weighted by atomic mass is 9.84. The summed E-state index contributed by atoms with van der Waals surface area (Å²) < 4.78 is 0. The van der Waals surface area contributed by atoms with Crippen LogP contribution in [0, 0.1) is 0 Å². The van der Waals surface area contributed by atoms with E-state index in [1.54, 1.807) is 0 Å². The third-order valence-electron chi connectivity index (χ3n) is 3.66. The van der Waals surface area contributed by atoms with Gasteiger partial charge in [-0.3, -0.25) is 4.79 Å². The van der Waals surface area contributed by atoms with Crippen LogP contribution in [0.3, 0.4) is 0 Å². The largest absolute Gasteiger partial charge is 0.371 e. The lowest BCUT2D eigenvalue weighted by Crippen LogP contribution is -2.31. The Morgan fingerprint density at radius 1 is 1.11 bits per heavy atom. The molecule has 1 heterocycles. The highest BCUT2D eigenvalue weighted by Crippen LogP contribution is 2.34. The SMILES string of the molecule is CC(C)(C)c1cc(C=O)ccc1N1CCCCC1. The van der Waals surface area contributed by atoms with Crippen LogP contribution in [0.4, 0.5) is 5.69 Å². The van der Waals surface area contributed by atoms with Gasteiger partial charge < -0.3 is 4.90 Å². The van der Waals surface area contributed by atoms with Crippen molar-refractivity contribution in [1.29, 1.82) is 0 Å². The van der Waals surface area contributed by atoms with Crippen molar-refractivity contribution in [3.8, 4) is 0 Å². The maximum atomic E-state index is 11.0. The van der Waals surface area contributed by atoms with Crippen LogP contribution >= 0.6 is 0 Å². The van der Waals surface area contributed by atoms with Crippen molar-refractivity contribution in [3.05, 3.63) is 29.3 Å². The molecule has 0 bridgehead atoms. The van der Waals surface area contributed by atoms with Gasteiger partial charge in [0.1, 0.15) is 6.29 Å². The molecule has 1 aromatic rings. The molecule has 2 rings (SSSR count). The van der Waals surface area contributed by atoms with Crippen LogP contribution in [-0.4, -0.2) is 19.4 Å². The Bertz CT molecular complexity index is 425. The van der Waals surface area contributed by atoms with Crippen LogP contribution in [-0.2, 0) is 5.41 Å². The predicted molar refractivity (Wildman–Crippen MR) is 76.6 cm³/mol. The number of anilines is 1. The molecule has 0 N–H and O–H groups in total. The molecule has 0 aromatic heterocycles. The van der Waals surface area contributed by atoms with Crippen molar-refractivity contribution >= 4 is 12.0 Å². The average molecular weight is 245 g/mol. The lowest BCUT2D eigenvalue weighted by Gasteiger charge is -2.34. The number of carbonyl (C=O) groups excluding carboxylic acids is 1. The van der Waals surface area contributed by atoms with Crippen molar-refractivity contribution in [2.45, 2.75) is 45.4 Å². The minimum Gasteiger partial charge on any atom is -0.371 e. The first-order chi connectivity index (χ1) is 8.52. The second kappa shape index (κ2) is 5.13. The summed E-state index contributed by atoms with van der Waals surface area (Å²) in [6.45, 7) is 8.92. The molecule has 0 spiro atoms. The number of hydrogen-bond acceptors (Lipinski definition) is 2. The van der Waals surface area contributed by atoms with Crippen molar-refractivity contribution in [2.24, 2.45) is 0 Å². The number of hydrogen-bond donors (Lipinski definition) is 0. The number of piperidine rings is 1. The van der Waals surface area contributed by atoms with Crippen molar-refractivity contribution < 1.29 is 4.79 Å². The van der Waals surface area contributed by atoms with E-state index in [2.05, 4.69) is 37.8 Å². The zero-order valence-corrected chi connectivity index (χ0v) is 11.7. The van der Waals surface area contributed by atoms with Gasteiger partial charge in [0, 0.05) is 24.3 Å². The second-order valence-corrected chi connectivity index (χ2v) is 6.19. The third-order valence-corrected chi connectivity index (χ3v) is 3.66. The minimum atomic E-state index is 0.0752. The predicted octanol–water partition coefficient (Wildman–Crippen LogP) is 3.79.